The van der Waals surface area contributed by atoms with Crippen molar-refractivity contribution >= 4 is 6.08 Å². The van der Waals surface area contributed by atoms with Gasteiger partial charge >= 0.3 is 0 Å². The molecule has 2 rings (SSSR count). The largest absolute Gasteiger partial charge is 0.507 e. The second-order valence-electron chi connectivity index (χ2n) is 4.09. The number of rotatable bonds is 2. The summed E-state index contributed by atoms with van der Waals surface area (Å²) in [4.78, 5) is 14.2. The molecular weight excluding hydrogens is 220 g/mol. The summed E-state index contributed by atoms with van der Waals surface area (Å²) in [5, 5.41) is 28.0. The van der Waals surface area contributed by atoms with Crippen LogP contribution in [0.5, 0.6) is 11.5 Å². The number of phenols is 2. The number of hydrogen-bond donors (Lipinski definition) is 2. The Kier molecular flexibility index (Phi) is 2.58. The van der Waals surface area contributed by atoms with Gasteiger partial charge in [0.25, 0.3) is 0 Å². The molecule has 0 saturated heterocycles. The molecule has 0 amide bonds. The Hall–Kier alpha value is -2.31. The van der Waals surface area contributed by atoms with E-state index in [0.717, 1.165) is 12.5 Å². The van der Waals surface area contributed by atoms with E-state index in [1.807, 2.05) is 6.07 Å². The van der Waals surface area contributed by atoms with Crippen LogP contribution in [0.25, 0.3) is 0 Å². The number of aromatic hydroxyl groups is 2. The summed E-state index contributed by atoms with van der Waals surface area (Å²) >= 11 is 0. The lowest BCUT2D eigenvalue weighted by molar-refractivity contribution is 0.247. The van der Waals surface area contributed by atoms with E-state index in [9.17, 15) is 15.0 Å². The standard InChI is InChI=1S/C12H10N2O3/c13-6-8-4-9(11(17)5-10(8)16)12(14-7-15)2-1-3-12/h4-5,16-17H,1-3H2. The first-order valence-corrected chi connectivity index (χ1v) is 5.18. The summed E-state index contributed by atoms with van der Waals surface area (Å²) in [6, 6.07) is 4.31. The number of aliphatic imine (C=N–C) groups is 1. The molecule has 5 heteroatoms. The molecule has 0 atom stereocenters. The van der Waals surface area contributed by atoms with Gasteiger partial charge < -0.3 is 10.2 Å². The molecule has 1 aliphatic carbocycles. The van der Waals surface area contributed by atoms with Crippen molar-refractivity contribution in [3.63, 3.8) is 0 Å². The van der Waals surface area contributed by atoms with E-state index in [0.29, 0.717) is 18.4 Å². The molecule has 0 spiro atoms. The molecule has 0 radical (unpaired) electrons. The highest BCUT2D eigenvalue weighted by atomic mass is 16.3. The van der Waals surface area contributed by atoms with E-state index in [1.165, 1.54) is 12.1 Å². The van der Waals surface area contributed by atoms with Gasteiger partial charge in [-0.2, -0.15) is 10.3 Å². The Balaban J connectivity index is 2.59. The third-order valence-corrected chi connectivity index (χ3v) is 3.18. The summed E-state index contributed by atoms with van der Waals surface area (Å²) < 4.78 is 0. The summed E-state index contributed by atoms with van der Waals surface area (Å²) in [7, 11) is 0. The predicted octanol–water partition coefficient (Wildman–Crippen LogP) is 1.68. The molecule has 2 N–H and O–H groups in total. The molecule has 5 nitrogen and oxygen atoms in total. The fourth-order valence-corrected chi connectivity index (χ4v) is 2.08. The van der Waals surface area contributed by atoms with Crippen molar-refractivity contribution in [1.82, 2.24) is 0 Å². The third-order valence-electron chi connectivity index (χ3n) is 3.18. The van der Waals surface area contributed by atoms with Crippen LogP contribution >= 0.6 is 0 Å². The molecule has 86 valence electrons. The van der Waals surface area contributed by atoms with E-state index in [2.05, 4.69) is 4.99 Å². The van der Waals surface area contributed by atoms with Crippen molar-refractivity contribution < 1.29 is 15.0 Å². The maximum atomic E-state index is 10.4. The maximum absolute atomic E-state index is 10.4. The van der Waals surface area contributed by atoms with Gasteiger partial charge in [-0.05, 0) is 25.3 Å². The molecule has 0 aromatic heterocycles. The number of phenolic OH excluding ortho intramolecular Hbond substituents is 2. The minimum absolute atomic E-state index is 0.0603. The van der Waals surface area contributed by atoms with Gasteiger partial charge in [-0.15, -0.1) is 0 Å². The zero-order valence-electron chi connectivity index (χ0n) is 8.97. The van der Waals surface area contributed by atoms with Gasteiger partial charge in [-0.3, -0.25) is 0 Å². The molecule has 0 unspecified atom stereocenters. The topological polar surface area (TPSA) is 93.7 Å². The fourth-order valence-electron chi connectivity index (χ4n) is 2.08. The Bertz CT molecular complexity index is 550. The SMILES string of the molecule is N#Cc1cc(C2(N=C=O)CCC2)c(O)cc1O. The van der Waals surface area contributed by atoms with Crippen molar-refractivity contribution in [3.8, 4) is 17.6 Å². The quantitative estimate of drug-likeness (QED) is 0.597. The molecule has 1 aliphatic rings. The van der Waals surface area contributed by atoms with E-state index in [-0.39, 0.29) is 17.1 Å². The molecule has 17 heavy (non-hydrogen) atoms. The first-order valence-electron chi connectivity index (χ1n) is 5.18. The number of nitrogens with zero attached hydrogens (tertiary/aromatic N) is 2. The summed E-state index contributed by atoms with van der Waals surface area (Å²) in [6.07, 6.45) is 3.66. The van der Waals surface area contributed by atoms with Crippen molar-refractivity contribution in [1.29, 1.82) is 5.26 Å². The maximum Gasteiger partial charge on any atom is 0.235 e. The summed E-state index contributed by atoms with van der Waals surface area (Å²) in [5.74, 6) is -0.432. The number of benzene rings is 1. The first kappa shape index (κ1) is 11.2. The van der Waals surface area contributed by atoms with E-state index >= 15 is 0 Å². The Morgan fingerprint density at radius 3 is 2.47 bits per heavy atom. The zero-order chi connectivity index (χ0) is 12.5. The molecule has 1 aromatic carbocycles. The van der Waals surface area contributed by atoms with Crippen LogP contribution in [-0.4, -0.2) is 16.3 Å². The van der Waals surface area contributed by atoms with E-state index < -0.39 is 5.54 Å². The lowest BCUT2D eigenvalue weighted by atomic mass is 9.71. The Labute approximate surface area is 97.7 Å². The minimum Gasteiger partial charge on any atom is -0.507 e. The second-order valence-corrected chi connectivity index (χ2v) is 4.09. The average Bonchev–Trinajstić information content (AvgIpc) is 2.24. The predicted molar refractivity (Wildman–Crippen MR) is 58.1 cm³/mol. The van der Waals surface area contributed by atoms with Gasteiger partial charge in [0.15, 0.2) is 0 Å². The van der Waals surface area contributed by atoms with E-state index in [4.69, 9.17) is 5.26 Å². The van der Waals surface area contributed by atoms with Crippen LogP contribution in [0, 0.1) is 11.3 Å². The summed E-state index contributed by atoms with van der Waals surface area (Å²) in [6.45, 7) is 0. The van der Waals surface area contributed by atoms with Crippen LogP contribution in [0.4, 0.5) is 0 Å². The summed E-state index contributed by atoms with van der Waals surface area (Å²) in [5.41, 5.74) is -0.308. The van der Waals surface area contributed by atoms with Gasteiger partial charge in [0.05, 0.1) is 5.56 Å². The van der Waals surface area contributed by atoms with Crippen LogP contribution in [0.15, 0.2) is 17.1 Å². The highest BCUT2D eigenvalue weighted by Crippen LogP contribution is 2.48. The van der Waals surface area contributed by atoms with Crippen molar-refractivity contribution in [2.45, 2.75) is 24.8 Å². The highest BCUT2D eigenvalue weighted by Gasteiger charge is 2.41. The number of isocyanates is 1. The minimum atomic E-state index is -0.773. The molecule has 0 heterocycles. The second kappa shape index (κ2) is 3.93. The van der Waals surface area contributed by atoms with Gasteiger partial charge in [0, 0.05) is 11.6 Å². The third kappa shape index (κ3) is 1.65. The average molecular weight is 230 g/mol. The molecule has 1 saturated carbocycles. The molecular formula is C12H10N2O3. The van der Waals surface area contributed by atoms with Crippen LogP contribution < -0.4 is 0 Å². The number of nitriles is 1. The van der Waals surface area contributed by atoms with Crippen molar-refractivity contribution in [2.24, 2.45) is 4.99 Å². The molecule has 0 aliphatic heterocycles. The number of hydrogen-bond acceptors (Lipinski definition) is 5. The van der Waals surface area contributed by atoms with Crippen LogP contribution in [0.3, 0.4) is 0 Å². The van der Waals surface area contributed by atoms with Crippen molar-refractivity contribution in [2.75, 3.05) is 0 Å². The Morgan fingerprint density at radius 2 is 2.00 bits per heavy atom. The first-order chi connectivity index (χ1) is 8.13. The van der Waals surface area contributed by atoms with Crippen LogP contribution in [0.1, 0.15) is 30.4 Å². The van der Waals surface area contributed by atoms with Gasteiger partial charge in [0.2, 0.25) is 6.08 Å². The smallest absolute Gasteiger partial charge is 0.235 e. The number of carbonyl (C=O) groups excluding carboxylic acids is 1. The molecule has 0 bridgehead atoms. The van der Waals surface area contributed by atoms with Crippen molar-refractivity contribution in [3.05, 3.63) is 23.3 Å². The lowest BCUT2D eigenvalue weighted by Crippen LogP contribution is -2.32. The molecule has 1 aromatic rings. The van der Waals surface area contributed by atoms with Crippen LogP contribution in [0.2, 0.25) is 0 Å². The Morgan fingerprint density at radius 1 is 1.29 bits per heavy atom. The van der Waals surface area contributed by atoms with Gasteiger partial charge in [-0.1, -0.05) is 0 Å². The monoisotopic (exact) mass is 230 g/mol. The molecule has 1 fully saturated rings. The van der Waals surface area contributed by atoms with Gasteiger partial charge in [-0.25, -0.2) is 4.79 Å². The zero-order valence-corrected chi connectivity index (χ0v) is 8.97. The van der Waals surface area contributed by atoms with Gasteiger partial charge in [0.1, 0.15) is 23.1 Å². The normalized spacial score (nSPS) is 16.4. The van der Waals surface area contributed by atoms with Crippen LogP contribution in [-0.2, 0) is 10.3 Å². The fraction of sp³-hybridized carbons (Fsp3) is 0.333. The lowest BCUT2D eigenvalue weighted by Gasteiger charge is -2.37. The van der Waals surface area contributed by atoms with E-state index in [1.54, 1.807) is 0 Å². The highest BCUT2D eigenvalue weighted by molar-refractivity contribution is 5.54.